The molecular formula is C24H32N6O3. The van der Waals surface area contributed by atoms with Gasteiger partial charge in [0.25, 0.3) is 5.91 Å². The van der Waals surface area contributed by atoms with Crippen LogP contribution < -0.4 is 15.5 Å². The number of nitrogens with zero attached hydrogens (tertiary/aromatic N) is 4. The lowest BCUT2D eigenvalue weighted by Crippen LogP contribution is -2.65. The molecule has 9 nitrogen and oxygen atoms in total. The first kappa shape index (κ1) is 21.1. The van der Waals surface area contributed by atoms with Crippen LogP contribution in [0.5, 0.6) is 0 Å². The second-order valence-corrected chi connectivity index (χ2v) is 10.2. The maximum absolute atomic E-state index is 12.9. The van der Waals surface area contributed by atoms with Crippen molar-refractivity contribution in [3.8, 4) is 0 Å². The van der Waals surface area contributed by atoms with E-state index in [4.69, 9.17) is 0 Å². The van der Waals surface area contributed by atoms with Crippen LogP contribution in [-0.4, -0.2) is 103 Å². The number of nitrogens with one attached hydrogen (secondary N) is 2. The summed E-state index contributed by atoms with van der Waals surface area (Å²) in [4.78, 5) is 45.9. The molecule has 33 heavy (non-hydrogen) atoms. The fraction of sp³-hybridized carbons (Fsp3) is 0.625. The van der Waals surface area contributed by atoms with Gasteiger partial charge in [-0.15, -0.1) is 0 Å². The zero-order valence-electron chi connectivity index (χ0n) is 19.0. The summed E-state index contributed by atoms with van der Waals surface area (Å²) < 4.78 is 0. The Balaban J connectivity index is 1.03. The van der Waals surface area contributed by atoms with Crippen LogP contribution in [0.15, 0.2) is 18.2 Å². The van der Waals surface area contributed by atoms with Crippen LogP contribution in [-0.2, 0) is 16.1 Å². The lowest BCUT2D eigenvalue weighted by molar-refractivity contribution is -0.136. The molecule has 0 radical (unpaired) electrons. The minimum atomic E-state index is -0.558. The normalized spacial score (nSPS) is 27.4. The molecule has 1 aromatic carbocycles. The van der Waals surface area contributed by atoms with Crippen LogP contribution in [0.2, 0.25) is 0 Å². The van der Waals surface area contributed by atoms with E-state index in [2.05, 4.69) is 31.4 Å². The second-order valence-electron chi connectivity index (χ2n) is 10.2. The van der Waals surface area contributed by atoms with Crippen LogP contribution in [0.25, 0.3) is 0 Å². The highest BCUT2D eigenvalue weighted by Gasteiger charge is 2.39. The number of carbonyl (C=O) groups is 3. The minimum absolute atomic E-state index is 0.108. The number of amides is 3. The van der Waals surface area contributed by atoms with E-state index in [1.807, 2.05) is 12.1 Å². The summed E-state index contributed by atoms with van der Waals surface area (Å²) in [6.07, 6.45) is 0.679. The van der Waals surface area contributed by atoms with Crippen molar-refractivity contribution in [3.63, 3.8) is 0 Å². The summed E-state index contributed by atoms with van der Waals surface area (Å²) >= 11 is 0. The zero-order valence-corrected chi connectivity index (χ0v) is 19.0. The summed E-state index contributed by atoms with van der Waals surface area (Å²) in [5.74, 6) is 0.0827. The predicted molar refractivity (Wildman–Crippen MR) is 123 cm³/mol. The first-order chi connectivity index (χ1) is 16.0. The SMILES string of the molecule is O=C1CC[C@H](N2Cc3cc(N4CCN(CC5CN(C6CNC6)C5)CC4)ccc3C2=O)C(=O)N1. The van der Waals surface area contributed by atoms with Gasteiger partial charge in [-0.3, -0.25) is 29.5 Å². The fourth-order valence-electron chi connectivity index (χ4n) is 5.87. The highest BCUT2D eigenvalue weighted by atomic mass is 16.2. The Bertz CT molecular complexity index is 965. The molecule has 0 aliphatic carbocycles. The number of piperazine rings is 1. The number of piperidine rings is 1. The summed E-state index contributed by atoms with van der Waals surface area (Å²) in [5, 5.41) is 5.72. The standard InChI is InChI=1S/C24H32N6O3/c31-22-4-3-21(23(32)26-22)30-15-17-9-18(1-2-20(17)24(30)33)28-7-5-27(6-8-28)12-16-13-29(14-16)19-10-25-11-19/h1-2,9,16,19,21,25H,3-8,10-15H2,(H,26,31,32)/t21-/m0/s1. The van der Waals surface area contributed by atoms with Crippen LogP contribution in [0, 0.1) is 5.92 Å². The van der Waals surface area contributed by atoms with Gasteiger partial charge in [0.2, 0.25) is 11.8 Å². The van der Waals surface area contributed by atoms with E-state index in [0.29, 0.717) is 18.5 Å². The number of fused-ring (bicyclic) bond motifs is 1. The molecular weight excluding hydrogens is 420 g/mol. The summed E-state index contributed by atoms with van der Waals surface area (Å²) in [6.45, 7) is 10.6. The van der Waals surface area contributed by atoms with E-state index >= 15 is 0 Å². The molecule has 4 fully saturated rings. The lowest BCUT2D eigenvalue weighted by Gasteiger charge is -2.49. The molecule has 9 heteroatoms. The molecule has 0 aromatic heterocycles. The number of imide groups is 1. The van der Waals surface area contributed by atoms with Gasteiger partial charge in [-0.1, -0.05) is 0 Å². The van der Waals surface area contributed by atoms with Gasteiger partial charge in [-0.05, 0) is 36.1 Å². The van der Waals surface area contributed by atoms with Crippen molar-refractivity contribution in [1.29, 1.82) is 0 Å². The van der Waals surface area contributed by atoms with Crippen molar-refractivity contribution in [3.05, 3.63) is 29.3 Å². The van der Waals surface area contributed by atoms with Crippen LogP contribution in [0.4, 0.5) is 5.69 Å². The zero-order chi connectivity index (χ0) is 22.5. The topological polar surface area (TPSA) is 88.2 Å². The molecule has 4 saturated heterocycles. The fourth-order valence-corrected chi connectivity index (χ4v) is 5.87. The number of likely N-dealkylation sites (tertiary alicyclic amines) is 1. The first-order valence-corrected chi connectivity index (χ1v) is 12.2. The van der Waals surface area contributed by atoms with Crippen molar-refractivity contribution in [2.75, 3.05) is 63.8 Å². The molecule has 6 rings (SSSR count). The number of anilines is 1. The lowest BCUT2D eigenvalue weighted by atomic mass is 9.94. The molecule has 2 N–H and O–H groups in total. The molecule has 1 aromatic rings. The van der Waals surface area contributed by atoms with Crippen LogP contribution in [0.3, 0.4) is 0 Å². The number of carbonyl (C=O) groups excluding carboxylic acids is 3. The molecule has 5 aliphatic rings. The van der Waals surface area contributed by atoms with Gasteiger partial charge in [0.1, 0.15) is 6.04 Å². The third kappa shape index (κ3) is 3.92. The molecule has 3 amide bonds. The smallest absolute Gasteiger partial charge is 0.255 e. The summed E-state index contributed by atoms with van der Waals surface area (Å²) in [6, 6.07) is 6.28. The van der Waals surface area contributed by atoms with Gasteiger partial charge in [-0.2, -0.15) is 0 Å². The van der Waals surface area contributed by atoms with Gasteiger partial charge < -0.3 is 15.1 Å². The minimum Gasteiger partial charge on any atom is -0.369 e. The Hall–Kier alpha value is -2.49. The van der Waals surface area contributed by atoms with E-state index in [1.165, 1.54) is 19.6 Å². The molecule has 0 spiro atoms. The van der Waals surface area contributed by atoms with Crippen molar-refractivity contribution >= 4 is 23.4 Å². The number of rotatable bonds is 5. The van der Waals surface area contributed by atoms with E-state index in [9.17, 15) is 14.4 Å². The molecule has 5 aliphatic heterocycles. The molecule has 0 bridgehead atoms. The summed E-state index contributed by atoms with van der Waals surface area (Å²) in [5.41, 5.74) is 2.81. The Labute approximate surface area is 194 Å². The Morgan fingerprint density at radius 3 is 2.48 bits per heavy atom. The van der Waals surface area contributed by atoms with Crippen molar-refractivity contribution in [2.45, 2.75) is 31.5 Å². The summed E-state index contributed by atoms with van der Waals surface area (Å²) in [7, 11) is 0. The third-order valence-electron chi connectivity index (χ3n) is 8.02. The Kier molecular flexibility index (Phi) is 5.35. The second kappa shape index (κ2) is 8.38. The maximum atomic E-state index is 12.9. The maximum Gasteiger partial charge on any atom is 0.255 e. The largest absolute Gasteiger partial charge is 0.369 e. The average Bonchev–Trinajstić information content (AvgIpc) is 3.07. The van der Waals surface area contributed by atoms with Crippen molar-refractivity contribution < 1.29 is 14.4 Å². The van der Waals surface area contributed by atoms with Gasteiger partial charge in [0.05, 0.1) is 0 Å². The van der Waals surface area contributed by atoms with Crippen LogP contribution in [0.1, 0.15) is 28.8 Å². The molecule has 176 valence electrons. The molecule has 0 saturated carbocycles. The number of hydrogen-bond acceptors (Lipinski definition) is 7. The third-order valence-corrected chi connectivity index (χ3v) is 8.02. The van der Waals surface area contributed by atoms with E-state index in [0.717, 1.165) is 62.5 Å². The number of benzene rings is 1. The van der Waals surface area contributed by atoms with Gasteiger partial charge >= 0.3 is 0 Å². The highest BCUT2D eigenvalue weighted by Crippen LogP contribution is 2.31. The van der Waals surface area contributed by atoms with Crippen molar-refractivity contribution in [1.82, 2.24) is 25.3 Å². The molecule has 5 heterocycles. The monoisotopic (exact) mass is 452 g/mol. The quantitative estimate of drug-likeness (QED) is 0.581. The van der Waals surface area contributed by atoms with Crippen molar-refractivity contribution in [2.24, 2.45) is 5.92 Å². The first-order valence-electron chi connectivity index (χ1n) is 12.2. The van der Waals surface area contributed by atoms with Gasteiger partial charge in [0.15, 0.2) is 0 Å². The van der Waals surface area contributed by atoms with E-state index in [-0.39, 0.29) is 24.1 Å². The average molecular weight is 453 g/mol. The van der Waals surface area contributed by atoms with E-state index in [1.54, 1.807) is 4.90 Å². The molecule has 1 atom stereocenters. The van der Waals surface area contributed by atoms with E-state index < -0.39 is 6.04 Å². The Morgan fingerprint density at radius 1 is 1.00 bits per heavy atom. The van der Waals surface area contributed by atoms with Gasteiger partial charge in [0, 0.05) is 89.2 Å². The van der Waals surface area contributed by atoms with Crippen LogP contribution >= 0.6 is 0 Å². The molecule has 0 unspecified atom stereocenters. The Morgan fingerprint density at radius 2 is 1.79 bits per heavy atom. The number of hydrogen-bond donors (Lipinski definition) is 2. The predicted octanol–water partition coefficient (Wildman–Crippen LogP) is -0.527. The highest BCUT2D eigenvalue weighted by molar-refractivity contribution is 6.05. The van der Waals surface area contributed by atoms with Gasteiger partial charge in [-0.25, -0.2) is 0 Å².